The Bertz CT molecular complexity index is 467. The Kier molecular flexibility index (Phi) is 3.65. The molecule has 96 valence electrons. The van der Waals surface area contributed by atoms with E-state index in [0.717, 1.165) is 11.1 Å². The summed E-state index contributed by atoms with van der Waals surface area (Å²) >= 11 is 0. The second-order valence-electron chi connectivity index (χ2n) is 4.38. The fourth-order valence-corrected chi connectivity index (χ4v) is 2.28. The van der Waals surface area contributed by atoms with Crippen LogP contribution in [0.5, 0.6) is 0 Å². The van der Waals surface area contributed by atoms with Crippen molar-refractivity contribution in [1.29, 1.82) is 0 Å². The van der Waals surface area contributed by atoms with E-state index >= 15 is 0 Å². The van der Waals surface area contributed by atoms with Crippen LogP contribution in [0.15, 0.2) is 24.3 Å². The Morgan fingerprint density at radius 2 is 1.94 bits per heavy atom. The van der Waals surface area contributed by atoms with E-state index < -0.39 is 0 Å². The third kappa shape index (κ3) is 2.23. The minimum absolute atomic E-state index is 0.0150. The molecular weight excluding hydrogens is 228 g/mol. The third-order valence-electron chi connectivity index (χ3n) is 3.34. The molecule has 2 rings (SSSR count). The second kappa shape index (κ2) is 5.21. The van der Waals surface area contributed by atoms with Crippen LogP contribution in [-0.2, 0) is 11.3 Å². The summed E-state index contributed by atoms with van der Waals surface area (Å²) < 4.78 is 0. The van der Waals surface area contributed by atoms with Crippen molar-refractivity contribution in [3.63, 3.8) is 0 Å². The van der Waals surface area contributed by atoms with Crippen molar-refractivity contribution >= 4 is 11.8 Å². The lowest BCUT2D eigenvalue weighted by molar-refractivity contribution is -0.131. The average Bonchev–Trinajstić information content (AvgIpc) is 2.68. The molecule has 1 aliphatic rings. The molecule has 0 bridgehead atoms. The standard InChI is InChI=1S/C14H18N2O2/c1-3-15(4-2)13(17)10-16-9-11-7-5-6-8-12(11)14(16)18/h5-8H,3-4,9-10H2,1-2H3. The Hall–Kier alpha value is -1.84. The average molecular weight is 246 g/mol. The van der Waals surface area contributed by atoms with Gasteiger partial charge < -0.3 is 9.80 Å². The van der Waals surface area contributed by atoms with Gasteiger partial charge in [-0.05, 0) is 25.5 Å². The first-order valence-electron chi connectivity index (χ1n) is 6.32. The molecule has 1 aromatic rings. The van der Waals surface area contributed by atoms with Crippen LogP contribution in [0.1, 0.15) is 29.8 Å². The van der Waals surface area contributed by atoms with Crippen LogP contribution >= 0.6 is 0 Å². The number of rotatable bonds is 4. The van der Waals surface area contributed by atoms with Gasteiger partial charge in [0.05, 0.1) is 0 Å². The SMILES string of the molecule is CCN(CC)C(=O)CN1Cc2ccccc2C1=O. The summed E-state index contributed by atoms with van der Waals surface area (Å²) in [6.07, 6.45) is 0. The summed E-state index contributed by atoms with van der Waals surface area (Å²) in [5.74, 6) is -0.0211. The van der Waals surface area contributed by atoms with E-state index in [1.165, 1.54) is 0 Å². The number of benzene rings is 1. The van der Waals surface area contributed by atoms with Gasteiger partial charge >= 0.3 is 0 Å². The van der Waals surface area contributed by atoms with Crippen LogP contribution in [-0.4, -0.2) is 41.2 Å². The predicted octanol–water partition coefficient (Wildman–Crippen LogP) is 1.51. The normalized spacial score (nSPS) is 13.7. The number of carbonyl (C=O) groups is 2. The molecule has 0 atom stereocenters. The maximum Gasteiger partial charge on any atom is 0.254 e. The quantitative estimate of drug-likeness (QED) is 0.808. The molecule has 0 spiro atoms. The van der Waals surface area contributed by atoms with E-state index in [4.69, 9.17) is 0 Å². The van der Waals surface area contributed by atoms with Crippen molar-refractivity contribution in [1.82, 2.24) is 9.80 Å². The molecule has 1 aromatic carbocycles. The van der Waals surface area contributed by atoms with Crippen LogP contribution in [0.4, 0.5) is 0 Å². The molecule has 0 unspecified atom stereocenters. The van der Waals surface area contributed by atoms with Gasteiger partial charge in [0, 0.05) is 25.2 Å². The van der Waals surface area contributed by atoms with Crippen LogP contribution in [0, 0.1) is 0 Å². The number of hydrogen-bond donors (Lipinski definition) is 0. The van der Waals surface area contributed by atoms with Crippen LogP contribution in [0.3, 0.4) is 0 Å². The van der Waals surface area contributed by atoms with Crippen molar-refractivity contribution in [3.05, 3.63) is 35.4 Å². The van der Waals surface area contributed by atoms with Crippen molar-refractivity contribution in [3.8, 4) is 0 Å². The van der Waals surface area contributed by atoms with E-state index in [2.05, 4.69) is 0 Å². The number of carbonyl (C=O) groups excluding carboxylic acids is 2. The van der Waals surface area contributed by atoms with Crippen molar-refractivity contribution in [2.75, 3.05) is 19.6 Å². The van der Waals surface area contributed by atoms with Crippen molar-refractivity contribution in [2.45, 2.75) is 20.4 Å². The lowest BCUT2D eigenvalue weighted by Crippen LogP contribution is -2.40. The number of nitrogens with zero attached hydrogens (tertiary/aromatic N) is 2. The molecule has 1 aliphatic heterocycles. The van der Waals surface area contributed by atoms with Gasteiger partial charge in [-0.15, -0.1) is 0 Å². The highest BCUT2D eigenvalue weighted by atomic mass is 16.2. The van der Waals surface area contributed by atoms with Gasteiger partial charge in [-0.1, -0.05) is 18.2 Å². The van der Waals surface area contributed by atoms with Gasteiger partial charge in [0.2, 0.25) is 5.91 Å². The summed E-state index contributed by atoms with van der Waals surface area (Å²) in [6, 6.07) is 7.53. The van der Waals surface area contributed by atoms with Crippen molar-refractivity contribution in [2.24, 2.45) is 0 Å². The third-order valence-corrected chi connectivity index (χ3v) is 3.34. The van der Waals surface area contributed by atoms with E-state index in [1.54, 1.807) is 9.80 Å². The molecular formula is C14H18N2O2. The molecule has 4 nitrogen and oxygen atoms in total. The number of fused-ring (bicyclic) bond motifs is 1. The van der Waals surface area contributed by atoms with Crippen LogP contribution < -0.4 is 0 Å². The largest absolute Gasteiger partial charge is 0.342 e. The highest BCUT2D eigenvalue weighted by molar-refractivity contribution is 6.00. The smallest absolute Gasteiger partial charge is 0.254 e. The maximum atomic E-state index is 12.1. The van der Waals surface area contributed by atoms with Gasteiger partial charge in [0.25, 0.3) is 5.91 Å². The summed E-state index contributed by atoms with van der Waals surface area (Å²) in [6.45, 7) is 5.98. The number of amides is 2. The monoisotopic (exact) mass is 246 g/mol. The first-order chi connectivity index (χ1) is 8.67. The zero-order valence-electron chi connectivity index (χ0n) is 10.8. The Labute approximate surface area is 107 Å². The van der Waals surface area contributed by atoms with Gasteiger partial charge in [-0.2, -0.15) is 0 Å². The summed E-state index contributed by atoms with van der Waals surface area (Å²) in [4.78, 5) is 27.4. The van der Waals surface area contributed by atoms with E-state index in [-0.39, 0.29) is 18.4 Å². The van der Waals surface area contributed by atoms with Gasteiger partial charge in [-0.25, -0.2) is 0 Å². The Morgan fingerprint density at radius 3 is 2.56 bits per heavy atom. The molecule has 0 radical (unpaired) electrons. The highest BCUT2D eigenvalue weighted by Gasteiger charge is 2.28. The first-order valence-corrected chi connectivity index (χ1v) is 6.32. The lowest BCUT2D eigenvalue weighted by Gasteiger charge is -2.22. The Morgan fingerprint density at radius 1 is 1.28 bits per heavy atom. The van der Waals surface area contributed by atoms with E-state index in [0.29, 0.717) is 19.6 Å². The summed E-state index contributed by atoms with van der Waals surface area (Å²) in [7, 11) is 0. The minimum atomic E-state index is -0.0360. The summed E-state index contributed by atoms with van der Waals surface area (Å²) in [5, 5.41) is 0. The van der Waals surface area contributed by atoms with Crippen molar-refractivity contribution < 1.29 is 9.59 Å². The minimum Gasteiger partial charge on any atom is -0.342 e. The van der Waals surface area contributed by atoms with E-state index in [1.807, 2.05) is 38.1 Å². The predicted molar refractivity (Wildman–Crippen MR) is 69.1 cm³/mol. The molecule has 1 heterocycles. The number of likely N-dealkylation sites (N-methyl/N-ethyl adjacent to an activating group) is 1. The zero-order valence-corrected chi connectivity index (χ0v) is 10.8. The Balaban J connectivity index is 2.06. The fraction of sp³-hybridized carbons (Fsp3) is 0.429. The van der Waals surface area contributed by atoms with Gasteiger partial charge in [-0.3, -0.25) is 9.59 Å². The molecule has 4 heteroatoms. The summed E-state index contributed by atoms with van der Waals surface area (Å²) in [5.41, 5.74) is 1.74. The molecule has 0 fully saturated rings. The molecule has 18 heavy (non-hydrogen) atoms. The highest BCUT2D eigenvalue weighted by Crippen LogP contribution is 2.21. The molecule has 0 aliphatic carbocycles. The number of hydrogen-bond acceptors (Lipinski definition) is 2. The molecule has 0 N–H and O–H groups in total. The molecule has 0 saturated heterocycles. The van der Waals surface area contributed by atoms with Crippen LogP contribution in [0.25, 0.3) is 0 Å². The van der Waals surface area contributed by atoms with Gasteiger partial charge in [0.15, 0.2) is 0 Å². The molecule has 2 amide bonds. The zero-order chi connectivity index (χ0) is 13.1. The van der Waals surface area contributed by atoms with Gasteiger partial charge in [0.1, 0.15) is 6.54 Å². The van der Waals surface area contributed by atoms with E-state index in [9.17, 15) is 9.59 Å². The fourth-order valence-electron chi connectivity index (χ4n) is 2.28. The lowest BCUT2D eigenvalue weighted by atomic mass is 10.1. The molecule has 0 saturated carbocycles. The molecule has 0 aromatic heterocycles. The first kappa shape index (κ1) is 12.6. The maximum absolute atomic E-state index is 12.1. The second-order valence-corrected chi connectivity index (χ2v) is 4.38. The van der Waals surface area contributed by atoms with Crippen LogP contribution in [0.2, 0.25) is 0 Å². The topological polar surface area (TPSA) is 40.6 Å².